The third kappa shape index (κ3) is 2.93. The lowest BCUT2D eigenvalue weighted by molar-refractivity contribution is -0.140. The predicted octanol–water partition coefficient (Wildman–Crippen LogP) is -0.611. The summed E-state index contributed by atoms with van der Waals surface area (Å²) >= 11 is 0. The molecule has 3 heterocycles. The second-order valence-corrected chi connectivity index (χ2v) is 5.02. The number of fused-ring (bicyclic) bond motifs is 1. The molecule has 0 saturated carbocycles. The molecule has 1 aromatic rings. The van der Waals surface area contributed by atoms with E-state index in [1.54, 1.807) is 11.2 Å². The number of aromatic nitrogens is 3. The molecule has 2 aliphatic heterocycles. The molecule has 0 radical (unpaired) electrons. The van der Waals surface area contributed by atoms with Crippen LogP contribution in [0, 0.1) is 0 Å². The van der Waals surface area contributed by atoms with Gasteiger partial charge in [-0.2, -0.15) is 0 Å². The zero-order chi connectivity index (χ0) is 13.1. The number of nitrogens with one attached hydrogen (secondary N) is 1. The van der Waals surface area contributed by atoms with Crippen molar-refractivity contribution in [3.05, 3.63) is 12.2 Å². The van der Waals surface area contributed by atoms with Crippen molar-refractivity contribution in [2.24, 2.45) is 0 Å². The molecule has 3 rings (SSSR count). The maximum Gasteiger partial charge on any atom is 0.249 e. The standard InChI is InChI=1S/C12H19N5O2/c18-12(8-19-10-1-3-13-4-2-10)16-5-6-17-9-14-15-11(17)7-16/h9-10,13H,1-8H2. The minimum Gasteiger partial charge on any atom is -0.368 e. The van der Waals surface area contributed by atoms with Gasteiger partial charge >= 0.3 is 0 Å². The number of hydrogen-bond acceptors (Lipinski definition) is 5. The zero-order valence-electron chi connectivity index (χ0n) is 10.9. The van der Waals surface area contributed by atoms with Gasteiger partial charge in [-0.1, -0.05) is 0 Å². The Morgan fingerprint density at radius 3 is 3.11 bits per heavy atom. The van der Waals surface area contributed by atoms with Crippen LogP contribution in [0.3, 0.4) is 0 Å². The molecule has 1 fully saturated rings. The highest BCUT2D eigenvalue weighted by Crippen LogP contribution is 2.11. The van der Waals surface area contributed by atoms with Crippen LogP contribution in [0.5, 0.6) is 0 Å². The van der Waals surface area contributed by atoms with Crippen molar-refractivity contribution in [3.8, 4) is 0 Å². The Hall–Kier alpha value is -1.47. The van der Waals surface area contributed by atoms with E-state index in [1.165, 1.54) is 0 Å². The Kier molecular flexibility index (Phi) is 3.74. The third-order valence-corrected chi connectivity index (χ3v) is 3.72. The van der Waals surface area contributed by atoms with Crippen molar-refractivity contribution in [2.75, 3.05) is 26.2 Å². The Morgan fingerprint density at radius 1 is 1.42 bits per heavy atom. The number of nitrogens with zero attached hydrogens (tertiary/aromatic N) is 4. The van der Waals surface area contributed by atoms with Crippen molar-refractivity contribution in [2.45, 2.75) is 32.0 Å². The van der Waals surface area contributed by atoms with Gasteiger partial charge in [0, 0.05) is 13.1 Å². The van der Waals surface area contributed by atoms with Crippen molar-refractivity contribution in [1.29, 1.82) is 0 Å². The van der Waals surface area contributed by atoms with E-state index in [0.29, 0.717) is 13.1 Å². The van der Waals surface area contributed by atoms with E-state index in [9.17, 15) is 4.79 Å². The molecular formula is C12H19N5O2. The Bertz CT molecular complexity index is 441. The summed E-state index contributed by atoms with van der Waals surface area (Å²) in [6.45, 7) is 4.14. The van der Waals surface area contributed by atoms with E-state index >= 15 is 0 Å². The van der Waals surface area contributed by atoms with Gasteiger partial charge in [-0.05, 0) is 25.9 Å². The topological polar surface area (TPSA) is 72.3 Å². The number of rotatable bonds is 3. The number of carbonyl (C=O) groups excluding carboxylic acids is 1. The first kappa shape index (κ1) is 12.6. The van der Waals surface area contributed by atoms with E-state index in [0.717, 1.165) is 38.3 Å². The van der Waals surface area contributed by atoms with Crippen LogP contribution < -0.4 is 5.32 Å². The molecule has 19 heavy (non-hydrogen) atoms. The van der Waals surface area contributed by atoms with Gasteiger partial charge in [-0.15, -0.1) is 10.2 Å². The van der Waals surface area contributed by atoms with Gasteiger partial charge in [0.05, 0.1) is 12.6 Å². The number of piperidine rings is 1. The molecular weight excluding hydrogens is 246 g/mol. The number of carbonyl (C=O) groups is 1. The Morgan fingerprint density at radius 2 is 2.26 bits per heavy atom. The highest BCUT2D eigenvalue weighted by molar-refractivity contribution is 5.77. The molecule has 0 aromatic carbocycles. The number of amides is 1. The van der Waals surface area contributed by atoms with Crippen LogP contribution in [0.2, 0.25) is 0 Å². The van der Waals surface area contributed by atoms with E-state index in [1.807, 2.05) is 4.57 Å². The van der Waals surface area contributed by atoms with Gasteiger partial charge in [0.25, 0.3) is 0 Å². The maximum absolute atomic E-state index is 12.1. The van der Waals surface area contributed by atoms with Gasteiger partial charge < -0.3 is 19.5 Å². The van der Waals surface area contributed by atoms with E-state index in [2.05, 4.69) is 15.5 Å². The van der Waals surface area contributed by atoms with Crippen molar-refractivity contribution < 1.29 is 9.53 Å². The summed E-state index contributed by atoms with van der Waals surface area (Å²) in [4.78, 5) is 13.9. The Labute approximate surface area is 111 Å². The van der Waals surface area contributed by atoms with Crippen LogP contribution in [0.1, 0.15) is 18.7 Å². The summed E-state index contributed by atoms with van der Waals surface area (Å²) in [5.41, 5.74) is 0. The summed E-state index contributed by atoms with van der Waals surface area (Å²) in [6.07, 6.45) is 3.91. The molecule has 0 bridgehead atoms. The average molecular weight is 265 g/mol. The van der Waals surface area contributed by atoms with E-state index in [4.69, 9.17) is 4.74 Å². The van der Waals surface area contributed by atoms with Crippen molar-refractivity contribution >= 4 is 5.91 Å². The quantitative estimate of drug-likeness (QED) is 0.789. The average Bonchev–Trinajstić information content (AvgIpc) is 2.93. The summed E-state index contributed by atoms with van der Waals surface area (Å²) in [6, 6.07) is 0. The summed E-state index contributed by atoms with van der Waals surface area (Å²) in [7, 11) is 0. The van der Waals surface area contributed by atoms with Gasteiger partial charge in [0.15, 0.2) is 5.82 Å². The predicted molar refractivity (Wildman–Crippen MR) is 67.3 cm³/mol. The fraction of sp³-hybridized carbons (Fsp3) is 0.750. The second-order valence-electron chi connectivity index (χ2n) is 5.02. The first-order chi connectivity index (χ1) is 9.33. The second kappa shape index (κ2) is 5.66. The van der Waals surface area contributed by atoms with Crippen LogP contribution >= 0.6 is 0 Å². The number of ether oxygens (including phenoxy) is 1. The molecule has 0 unspecified atom stereocenters. The van der Waals surface area contributed by atoms with Crippen molar-refractivity contribution in [1.82, 2.24) is 25.0 Å². The van der Waals surface area contributed by atoms with E-state index < -0.39 is 0 Å². The highest BCUT2D eigenvalue weighted by Gasteiger charge is 2.23. The molecule has 1 N–H and O–H groups in total. The van der Waals surface area contributed by atoms with Gasteiger partial charge in [-0.25, -0.2) is 0 Å². The fourth-order valence-electron chi connectivity index (χ4n) is 2.52. The molecule has 0 spiro atoms. The summed E-state index contributed by atoms with van der Waals surface area (Å²) < 4.78 is 7.68. The fourth-order valence-corrected chi connectivity index (χ4v) is 2.52. The molecule has 1 amide bonds. The van der Waals surface area contributed by atoms with Crippen LogP contribution in [0.15, 0.2) is 6.33 Å². The molecule has 2 aliphatic rings. The van der Waals surface area contributed by atoms with Crippen LogP contribution in [-0.4, -0.2) is 57.9 Å². The van der Waals surface area contributed by atoms with Crippen molar-refractivity contribution in [3.63, 3.8) is 0 Å². The smallest absolute Gasteiger partial charge is 0.249 e. The van der Waals surface area contributed by atoms with Gasteiger partial charge in [0.2, 0.25) is 5.91 Å². The molecule has 1 saturated heterocycles. The first-order valence-corrected chi connectivity index (χ1v) is 6.80. The SMILES string of the molecule is O=C(COC1CCNCC1)N1CCn2cnnc2C1. The lowest BCUT2D eigenvalue weighted by Crippen LogP contribution is -2.41. The Balaban J connectivity index is 1.48. The maximum atomic E-state index is 12.1. The summed E-state index contributed by atoms with van der Waals surface area (Å²) in [5.74, 6) is 0.897. The zero-order valence-corrected chi connectivity index (χ0v) is 10.9. The van der Waals surface area contributed by atoms with Crippen LogP contribution in [0.25, 0.3) is 0 Å². The monoisotopic (exact) mass is 265 g/mol. The lowest BCUT2D eigenvalue weighted by atomic mass is 10.1. The van der Waals surface area contributed by atoms with Crippen LogP contribution in [0.4, 0.5) is 0 Å². The normalized spacial score (nSPS) is 20.3. The summed E-state index contributed by atoms with van der Waals surface area (Å²) in [5, 5.41) is 11.1. The molecule has 0 atom stereocenters. The lowest BCUT2D eigenvalue weighted by Gasteiger charge is -2.28. The molecule has 104 valence electrons. The molecule has 0 aliphatic carbocycles. The van der Waals surface area contributed by atoms with Gasteiger partial charge in [0.1, 0.15) is 12.9 Å². The van der Waals surface area contributed by atoms with Crippen LogP contribution in [-0.2, 0) is 22.6 Å². The van der Waals surface area contributed by atoms with E-state index in [-0.39, 0.29) is 18.6 Å². The molecule has 1 aromatic heterocycles. The minimum absolute atomic E-state index is 0.0489. The first-order valence-electron chi connectivity index (χ1n) is 6.80. The largest absolute Gasteiger partial charge is 0.368 e. The van der Waals surface area contributed by atoms with Gasteiger partial charge in [-0.3, -0.25) is 4.79 Å². The minimum atomic E-state index is 0.0489. The third-order valence-electron chi connectivity index (χ3n) is 3.72. The highest BCUT2D eigenvalue weighted by atomic mass is 16.5. The molecule has 7 heteroatoms. The molecule has 7 nitrogen and oxygen atoms in total. The number of hydrogen-bond donors (Lipinski definition) is 1.